The molecule has 19 heavy (non-hydrogen) atoms. The van der Waals surface area contributed by atoms with E-state index in [0.717, 1.165) is 0 Å². The number of aromatic nitrogens is 1. The van der Waals surface area contributed by atoms with Crippen molar-refractivity contribution in [2.24, 2.45) is 5.73 Å². The number of rotatable bonds is 3. The third kappa shape index (κ3) is 2.55. The number of primary amides is 1. The van der Waals surface area contributed by atoms with Crippen LogP contribution < -0.4 is 16.4 Å². The minimum Gasteiger partial charge on any atom is -0.378 e. The van der Waals surface area contributed by atoms with Crippen molar-refractivity contribution in [2.75, 3.05) is 30.4 Å². The van der Waals surface area contributed by atoms with E-state index in [0.29, 0.717) is 19.0 Å². The Morgan fingerprint density at radius 2 is 2.32 bits per heavy atom. The van der Waals surface area contributed by atoms with Gasteiger partial charge in [0.1, 0.15) is 11.9 Å². The maximum Gasteiger partial charge on any atom is 0.311 e. The highest BCUT2D eigenvalue weighted by atomic mass is 16.6. The Morgan fingerprint density at radius 3 is 2.89 bits per heavy atom. The standard InChI is InChI=1S/C10H13N5O4/c11-9-6(15(17)18)1-2-8(13-9)14-3-4-19-5-7(14)10(12)16/h1-2,7H,3-5H2,(H2,11,13)(H2,12,16). The molecule has 1 aromatic rings. The minimum absolute atomic E-state index is 0.161. The summed E-state index contributed by atoms with van der Waals surface area (Å²) in [6, 6.07) is 2.04. The van der Waals surface area contributed by atoms with Crippen molar-refractivity contribution in [2.45, 2.75) is 6.04 Å². The third-order valence-electron chi connectivity index (χ3n) is 2.84. The molecule has 1 aliphatic heterocycles. The Balaban J connectivity index is 2.32. The number of carbonyl (C=O) groups excluding carboxylic acids is 1. The van der Waals surface area contributed by atoms with Crippen LogP contribution in [0.25, 0.3) is 0 Å². The van der Waals surface area contributed by atoms with Gasteiger partial charge in [-0.25, -0.2) is 4.98 Å². The van der Waals surface area contributed by atoms with Crippen molar-refractivity contribution in [3.63, 3.8) is 0 Å². The molecule has 1 aliphatic rings. The molecule has 1 atom stereocenters. The fraction of sp³-hybridized carbons (Fsp3) is 0.400. The first-order valence-electron chi connectivity index (χ1n) is 5.55. The first kappa shape index (κ1) is 13.0. The first-order chi connectivity index (χ1) is 9.00. The Labute approximate surface area is 108 Å². The summed E-state index contributed by atoms with van der Waals surface area (Å²) >= 11 is 0. The van der Waals surface area contributed by atoms with E-state index in [9.17, 15) is 14.9 Å². The summed E-state index contributed by atoms with van der Waals surface area (Å²) in [7, 11) is 0. The van der Waals surface area contributed by atoms with Crippen molar-refractivity contribution in [1.29, 1.82) is 0 Å². The predicted octanol–water partition coefficient (Wildman–Crippen LogP) is -0.737. The van der Waals surface area contributed by atoms with Crippen LogP contribution in [0.15, 0.2) is 12.1 Å². The Morgan fingerprint density at radius 1 is 1.58 bits per heavy atom. The predicted molar refractivity (Wildman–Crippen MR) is 66.5 cm³/mol. The van der Waals surface area contributed by atoms with E-state index in [-0.39, 0.29) is 18.1 Å². The van der Waals surface area contributed by atoms with Crippen LogP contribution >= 0.6 is 0 Å². The second-order valence-electron chi connectivity index (χ2n) is 4.02. The highest BCUT2D eigenvalue weighted by molar-refractivity contribution is 5.83. The van der Waals surface area contributed by atoms with Crippen LogP contribution in [0.3, 0.4) is 0 Å². The summed E-state index contributed by atoms with van der Waals surface area (Å²) in [5.41, 5.74) is 10.5. The lowest BCUT2D eigenvalue weighted by Crippen LogP contribution is -2.53. The molecule has 4 N–H and O–H groups in total. The molecule has 9 heteroatoms. The molecule has 0 aliphatic carbocycles. The maximum atomic E-state index is 11.3. The molecule has 0 bridgehead atoms. The molecule has 1 fully saturated rings. The summed E-state index contributed by atoms with van der Waals surface area (Å²) in [4.78, 5) is 27.0. The molecule has 1 saturated heterocycles. The van der Waals surface area contributed by atoms with Gasteiger partial charge in [-0.15, -0.1) is 0 Å². The van der Waals surface area contributed by atoms with Gasteiger partial charge in [-0.1, -0.05) is 0 Å². The highest BCUT2D eigenvalue weighted by Crippen LogP contribution is 2.25. The molecule has 0 radical (unpaired) electrons. The van der Waals surface area contributed by atoms with Gasteiger partial charge in [-0.2, -0.15) is 0 Å². The van der Waals surface area contributed by atoms with Crippen LogP contribution in [0.1, 0.15) is 0 Å². The van der Waals surface area contributed by atoms with E-state index in [1.165, 1.54) is 12.1 Å². The Bertz CT molecular complexity index is 521. The molecule has 9 nitrogen and oxygen atoms in total. The zero-order chi connectivity index (χ0) is 14.0. The van der Waals surface area contributed by atoms with Gasteiger partial charge < -0.3 is 21.1 Å². The fourth-order valence-corrected chi connectivity index (χ4v) is 1.88. The fourth-order valence-electron chi connectivity index (χ4n) is 1.88. The van der Waals surface area contributed by atoms with Gasteiger partial charge in [0.2, 0.25) is 11.7 Å². The van der Waals surface area contributed by atoms with Crippen LogP contribution in [-0.2, 0) is 9.53 Å². The van der Waals surface area contributed by atoms with E-state index in [1.807, 2.05) is 0 Å². The molecule has 2 rings (SSSR count). The van der Waals surface area contributed by atoms with Gasteiger partial charge in [0, 0.05) is 12.6 Å². The van der Waals surface area contributed by atoms with Crippen LogP contribution in [-0.4, -0.2) is 41.6 Å². The van der Waals surface area contributed by atoms with Crippen molar-refractivity contribution >= 4 is 23.2 Å². The van der Waals surface area contributed by atoms with Gasteiger partial charge in [0.15, 0.2) is 0 Å². The lowest BCUT2D eigenvalue weighted by Gasteiger charge is -2.34. The lowest BCUT2D eigenvalue weighted by atomic mass is 10.2. The average Bonchev–Trinajstić information content (AvgIpc) is 2.38. The number of hydrogen-bond donors (Lipinski definition) is 2. The van der Waals surface area contributed by atoms with Gasteiger partial charge in [-0.3, -0.25) is 14.9 Å². The Kier molecular flexibility index (Phi) is 3.47. The summed E-state index contributed by atoms with van der Waals surface area (Å²) in [5, 5.41) is 10.7. The second-order valence-corrected chi connectivity index (χ2v) is 4.02. The minimum atomic E-state index is -0.651. The average molecular weight is 267 g/mol. The first-order valence-corrected chi connectivity index (χ1v) is 5.55. The molecule has 1 aromatic heterocycles. The number of ether oxygens (including phenoxy) is 1. The lowest BCUT2D eigenvalue weighted by molar-refractivity contribution is -0.384. The quantitative estimate of drug-likeness (QED) is 0.543. The van der Waals surface area contributed by atoms with Crippen LogP contribution in [0, 0.1) is 10.1 Å². The third-order valence-corrected chi connectivity index (χ3v) is 2.84. The zero-order valence-electron chi connectivity index (χ0n) is 9.98. The van der Waals surface area contributed by atoms with Crippen LogP contribution in [0.2, 0.25) is 0 Å². The topological polar surface area (TPSA) is 138 Å². The van der Waals surface area contributed by atoms with E-state index in [1.54, 1.807) is 4.90 Å². The van der Waals surface area contributed by atoms with E-state index >= 15 is 0 Å². The van der Waals surface area contributed by atoms with Gasteiger partial charge in [0.25, 0.3) is 0 Å². The number of carbonyl (C=O) groups is 1. The molecule has 0 aromatic carbocycles. The second kappa shape index (κ2) is 5.06. The van der Waals surface area contributed by atoms with E-state index < -0.39 is 16.9 Å². The molecule has 1 unspecified atom stereocenters. The highest BCUT2D eigenvalue weighted by Gasteiger charge is 2.29. The normalized spacial score (nSPS) is 19.2. The number of pyridine rings is 1. The number of hydrogen-bond acceptors (Lipinski definition) is 7. The van der Waals surface area contributed by atoms with Gasteiger partial charge in [0.05, 0.1) is 18.1 Å². The molecule has 1 amide bonds. The molecule has 102 valence electrons. The van der Waals surface area contributed by atoms with Gasteiger partial charge in [-0.05, 0) is 6.07 Å². The molecular formula is C10H13N5O4. The summed E-state index contributed by atoms with van der Waals surface area (Å²) in [6.45, 7) is 0.994. The number of anilines is 2. The monoisotopic (exact) mass is 267 g/mol. The largest absolute Gasteiger partial charge is 0.378 e. The van der Waals surface area contributed by atoms with Crippen molar-refractivity contribution in [1.82, 2.24) is 4.98 Å². The smallest absolute Gasteiger partial charge is 0.311 e. The number of nitro groups is 1. The van der Waals surface area contributed by atoms with Crippen LogP contribution in [0.5, 0.6) is 0 Å². The summed E-state index contributed by atoms with van der Waals surface area (Å²) in [5.74, 6) is -0.370. The van der Waals surface area contributed by atoms with Crippen molar-refractivity contribution < 1.29 is 14.5 Å². The zero-order valence-corrected chi connectivity index (χ0v) is 9.98. The summed E-state index contributed by atoms with van der Waals surface area (Å²) < 4.78 is 5.18. The number of morpholine rings is 1. The molecule has 0 spiro atoms. The Hall–Kier alpha value is -2.42. The van der Waals surface area contributed by atoms with E-state index in [4.69, 9.17) is 16.2 Å². The molecular weight excluding hydrogens is 254 g/mol. The molecule has 0 saturated carbocycles. The molecule has 2 heterocycles. The van der Waals surface area contributed by atoms with Crippen molar-refractivity contribution in [3.05, 3.63) is 22.2 Å². The van der Waals surface area contributed by atoms with Gasteiger partial charge >= 0.3 is 5.69 Å². The summed E-state index contributed by atoms with van der Waals surface area (Å²) in [6.07, 6.45) is 0. The SMILES string of the molecule is NC(=O)C1COCCN1c1ccc([N+](=O)[O-])c(N)n1. The number of nitrogens with two attached hydrogens (primary N) is 2. The number of amides is 1. The number of nitrogens with zero attached hydrogens (tertiary/aromatic N) is 3. The van der Waals surface area contributed by atoms with Crippen molar-refractivity contribution in [3.8, 4) is 0 Å². The van der Waals surface area contributed by atoms with E-state index in [2.05, 4.69) is 4.98 Å². The number of nitrogen functional groups attached to an aromatic ring is 1. The maximum absolute atomic E-state index is 11.3. The van der Waals surface area contributed by atoms with Crippen LogP contribution in [0.4, 0.5) is 17.3 Å².